The summed E-state index contributed by atoms with van der Waals surface area (Å²) in [5.41, 5.74) is 5.55. The highest BCUT2D eigenvalue weighted by molar-refractivity contribution is 5.72. The zero-order chi connectivity index (χ0) is 39.8. The van der Waals surface area contributed by atoms with E-state index >= 15 is 0 Å². The molecule has 0 bridgehead atoms. The Bertz CT molecular complexity index is 695. The first kappa shape index (κ1) is 54.4. The van der Waals surface area contributed by atoms with Crippen molar-refractivity contribution in [3.05, 3.63) is 0 Å². The maximum atomic E-state index is 10.7. The smallest absolute Gasteiger partial charge is 0.320 e. The van der Waals surface area contributed by atoms with E-state index in [9.17, 15) is 4.79 Å². The maximum Gasteiger partial charge on any atom is 0.320 e. The van der Waals surface area contributed by atoms with Crippen LogP contribution in [-0.2, 0) is 4.79 Å². The Morgan fingerprint density at radius 2 is 0.418 bits per heavy atom. The van der Waals surface area contributed by atoms with Gasteiger partial charge in [0.1, 0.15) is 6.04 Å². The minimum absolute atomic E-state index is 0.620. The molecule has 0 spiro atoms. The highest BCUT2D eigenvalue weighted by atomic mass is 16.4. The lowest BCUT2D eigenvalue weighted by atomic mass is 10.0. The van der Waals surface area contributed by atoms with Crippen LogP contribution >= 0.6 is 0 Å². The van der Waals surface area contributed by atoms with Crippen LogP contribution in [0.3, 0.4) is 0 Å². The van der Waals surface area contributed by atoms with Gasteiger partial charge in [-0.2, -0.15) is 0 Å². The molecule has 0 aromatic heterocycles. The number of nitrogens with two attached hydrogens (primary N) is 1. The molecule has 0 heterocycles. The first-order chi connectivity index (χ1) is 27.2. The van der Waals surface area contributed by atoms with Crippen LogP contribution in [0, 0.1) is 0 Å². The van der Waals surface area contributed by atoms with Gasteiger partial charge in [-0.1, -0.05) is 315 Å². The van der Waals surface area contributed by atoms with Gasteiger partial charge in [0, 0.05) is 0 Å². The van der Waals surface area contributed by atoms with Crippen molar-refractivity contribution in [3.63, 3.8) is 0 Å². The van der Waals surface area contributed by atoms with Crippen molar-refractivity contribution in [1.82, 2.24) is 0 Å². The third kappa shape index (κ3) is 49.5. The first-order valence-electron chi connectivity index (χ1n) is 26.2. The number of carboxylic acid groups (broad SMARTS) is 1. The molecule has 3 nitrogen and oxygen atoms in total. The van der Waals surface area contributed by atoms with Crippen LogP contribution in [0.2, 0.25) is 0 Å². The number of aliphatic carboxylic acids is 1. The lowest BCUT2D eigenvalue weighted by Crippen LogP contribution is -2.29. The molecule has 3 N–H and O–H groups in total. The quantitative estimate of drug-likeness (QED) is 0.0605. The third-order valence-electron chi connectivity index (χ3n) is 12.7. The highest BCUT2D eigenvalue weighted by Crippen LogP contribution is 2.19. The molecule has 0 radical (unpaired) electrons. The molecule has 0 fully saturated rings. The monoisotopic (exact) mass is 776 g/mol. The van der Waals surface area contributed by atoms with Crippen LogP contribution < -0.4 is 5.73 Å². The van der Waals surface area contributed by atoms with E-state index in [0.29, 0.717) is 6.42 Å². The van der Waals surface area contributed by atoms with Gasteiger partial charge in [-0.3, -0.25) is 4.79 Å². The summed E-state index contributed by atoms with van der Waals surface area (Å²) in [6, 6.07) is -0.669. The van der Waals surface area contributed by atoms with Crippen molar-refractivity contribution in [2.75, 3.05) is 0 Å². The second-order valence-electron chi connectivity index (χ2n) is 18.4. The number of hydrogen-bond donors (Lipinski definition) is 2. The number of rotatable bonds is 50. The third-order valence-corrected chi connectivity index (χ3v) is 12.7. The van der Waals surface area contributed by atoms with Crippen molar-refractivity contribution in [1.29, 1.82) is 0 Å². The summed E-state index contributed by atoms with van der Waals surface area (Å²) in [5.74, 6) is -0.863. The van der Waals surface area contributed by atoms with E-state index < -0.39 is 12.0 Å². The van der Waals surface area contributed by atoms with E-state index in [1.54, 1.807) is 0 Å². The average Bonchev–Trinajstić information content (AvgIpc) is 3.18. The minimum atomic E-state index is -0.863. The molecule has 0 rings (SSSR count). The van der Waals surface area contributed by atoms with Crippen molar-refractivity contribution >= 4 is 5.97 Å². The Morgan fingerprint density at radius 1 is 0.291 bits per heavy atom. The van der Waals surface area contributed by atoms with Gasteiger partial charge in [-0.25, -0.2) is 0 Å². The molecule has 0 aliphatic carbocycles. The Kier molecular flexibility index (Phi) is 49.1. The van der Waals surface area contributed by atoms with Crippen LogP contribution in [-0.4, -0.2) is 17.1 Å². The summed E-state index contributed by atoms with van der Waals surface area (Å²) < 4.78 is 0. The van der Waals surface area contributed by atoms with Crippen molar-refractivity contribution in [3.8, 4) is 0 Å². The number of unbranched alkanes of at least 4 members (excludes halogenated alkanes) is 47. The van der Waals surface area contributed by atoms with Crippen molar-refractivity contribution in [2.24, 2.45) is 5.73 Å². The van der Waals surface area contributed by atoms with Gasteiger partial charge in [0.05, 0.1) is 0 Å². The molecule has 0 amide bonds. The molecule has 1 atom stereocenters. The van der Waals surface area contributed by atoms with E-state index in [1.165, 1.54) is 295 Å². The molecule has 0 saturated carbocycles. The zero-order valence-corrected chi connectivity index (χ0v) is 38.2. The van der Waals surface area contributed by atoms with E-state index in [4.69, 9.17) is 10.8 Å². The predicted molar refractivity (Wildman–Crippen MR) is 248 cm³/mol. The Hall–Kier alpha value is -0.570. The molecule has 330 valence electrons. The topological polar surface area (TPSA) is 63.3 Å². The average molecular weight is 776 g/mol. The maximum absolute atomic E-state index is 10.7. The summed E-state index contributed by atoms with van der Waals surface area (Å²) in [5, 5.41) is 8.81. The Balaban J connectivity index is 3.07. The van der Waals surface area contributed by atoms with Gasteiger partial charge in [0.2, 0.25) is 0 Å². The molecular formula is C52H105NO2. The van der Waals surface area contributed by atoms with E-state index in [-0.39, 0.29) is 0 Å². The van der Waals surface area contributed by atoms with Crippen LogP contribution in [0.4, 0.5) is 0 Å². The number of carbonyl (C=O) groups is 1. The van der Waals surface area contributed by atoms with Crippen LogP contribution in [0.15, 0.2) is 0 Å². The first-order valence-corrected chi connectivity index (χ1v) is 26.2. The molecule has 3 heteroatoms. The highest BCUT2D eigenvalue weighted by Gasteiger charge is 2.09. The van der Waals surface area contributed by atoms with Gasteiger partial charge in [0.25, 0.3) is 0 Å². The predicted octanol–water partition coefficient (Wildman–Crippen LogP) is 18.5. The van der Waals surface area contributed by atoms with Crippen molar-refractivity contribution in [2.45, 2.75) is 328 Å². The standard InChI is InChI=1S/C52H105NO2/c1-2-3-4-5-6-7-8-9-10-11-12-13-14-15-16-17-18-19-20-21-22-23-24-25-26-27-28-29-30-31-32-33-34-35-36-37-38-39-40-41-42-43-44-45-46-47-48-49-50-51(53)52(54)55/h51H,2-50,53H2,1H3,(H,54,55). The van der Waals surface area contributed by atoms with E-state index in [1.807, 2.05) is 0 Å². The summed E-state index contributed by atoms with van der Waals surface area (Å²) in [6.45, 7) is 2.31. The molecule has 1 unspecified atom stereocenters. The summed E-state index contributed by atoms with van der Waals surface area (Å²) in [4.78, 5) is 10.7. The fourth-order valence-electron chi connectivity index (χ4n) is 8.69. The van der Waals surface area contributed by atoms with Gasteiger partial charge in [-0.15, -0.1) is 0 Å². The lowest BCUT2D eigenvalue weighted by molar-refractivity contribution is -0.138. The fraction of sp³-hybridized carbons (Fsp3) is 0.981. The summed E-state index contributed by atoms with van der Waals surface area (Å²) in [7, 11) is 0. The van der Waals surface area contributed by atoms with Gasteiger partial charge >= 0.3 is 5.97 Å². The largest absolute Gasteiger partial charge is 0.480 e. The molecule has 55 heavy (non-hydrogen) atoms. The minimum Gasteiger partial charge on any atom is -0.480 e. The van der Waals surface area contributed by atoms with E-state index in [0.717, 1.165) is 12.8 Å². The number of carboxylic acids is 1. The van der Waals surface area contributed by atoms with Crippen molar-refractivity contribution < 1.29 is 9.90 Å². The van der Waals surface area contributed by atoms with Crippen LogP contribution in [0.25, 0.3) is 0 Å². The Morgan fingerprint density at radius 3 is 0.545 bits per heavy atom. The normalized spacial score (nSPS) is 12.2. The van der Waals surface area contributed by atoms with Gasteiger partial charge in [-0.05, 0) is 6.42 Å². The van der Waals surface area contributed by atoms with Gasteiger partial charge in [0.15, 0.2) is 0 Å². The molecule has 0 aromatic carbocycles. The molecule has 0 aliphatic heterocycles. The SMILES string of the molecule is CCCCCCCCCCCCCCCCCCCCCCCCCCCCCCCCCCCCCCCCCCCCCCCCCCC(N)C(=O)O. The number of hydrogen-bond acceptors (Lipinski definition) is 2. The summed E-state index contributed by atoms with van der Waals surface area (Å²) >= 11 is 0. The second-order valence-corrected chi connectivity index (χ2v) is 18.4. The van der Waals surface area contributed by atoms with Crippen LogP contribution in [0.1, 0.15) is 322 Å². The van der Waals surface area contributed by atoms with E-state index in [2.05, 4.69) is 6.92 Å². The van der Waals surface area contributed by atoms with Crippen LogP contribution in [0.5, 0.6) is 0 Å². The summed E-state index contributed by atoms with van der Waals surface area (Å²) in [6.07, 6.45) is 69.6. The second kappa shape index (κ2) is 49.6. The van der Waals surface area contributed by atoms with Gasteiger partial charge < -0.3 is 10.8 Å². The lowest BCUT2D eigenvalue weighted by Gasteiger charge is -2.06. The molecular weight excluding hydrogens is 671 g/mol. The molecule has 0 aliphatic rings. The fourth-order valence-corrected chi connectivity index (χ4v) is 8.69. The molecule has 0 saturated heterocycles. The zero-order valence-electron chi connectivity index (χ0n) is 38.2. The molecule has 0 aromatic rings. The Labute approximate surface area is 348 Å².